The molecule has 1 fully saturated rings. The molecule has 1 aliphatic rings. The second-order valence-corrected chi connectivity index (χ2v) is 4.87. The number of nitrogens with zero attached hydrogens (tertiary/aromatic N) is 1. The molecule has 1 aliphatic heterocycles. The topological polar surface area (TPSA) is 76.7 Å². The molecule has 1 amide bonds. The normalized spacial score (nSPS) is 19.1. The van der Waals surface area contributed by atoms with Crippen molar-refractivity contribution in [1.82, 2.24) is 5.32 Å². The van der Waals surface area contributed by atoms with E-state index in [1.165, 1.54) is 0 Å². The summed E-state index contributed by atoms with van der Waals surface area (Å²) in [6.45, 7) is 1.29. The van der Waals surface area contributed by atoms with Crippen molar-refractivity contribution in [3.63, 3.8) is 0 Å². The number of alkyl halides is 1. The maximum atomic E-state index is 12.2. The van der Waals surface area contributed by atoms with Crippen molar-refractivity contribution in [2.24, 2.45) is 10.7 Å². The number of para-hydroxylation sites is 1. The number of hydrogen-bond acceptors (Lipinski definition) is 3. The second-order valence-electron chi connectivity index (χ2n) is 4.60. The lowest BCUT2D eigenvalue weighted by molar-refractivity contribution is 0.0858. The zero-order valence-corrected chi connectivity index (χ0v) is 11.9. The Morgan fingerprint density at radius 2 is 2.30 bits per heavy atom. The first-order chi connectivity index (χ1) is 9.70. The summed E-state index contributed by atoms with van der Waals surface area (Å²) in [7, 11) is 0. The zero-order valence-electron chi connectivity index (χ0n) is 11.1. The van der Waals surface area contributed by atoms with Crippen LogP contribution in [0.4, 0.5) is 5.69 Å². The van der Waals surface area contributed by atoms with Crippen molar-refractivity contribution < 1.29 is 9.53 Å². The Bertz CT molecular complexity index is 499. The van der Waals surface area contributed by atoms with Crippen LogP contribution in [0.2, 0.25) is 0 Å². The molecule has 5 nitrogen and oxygen atoms in total. The summed E-state index contributed by atoms with van der Waals surface area (Å²) in [6, 6.07) is 7.04. The number of halogens is 1. The highest BCUT2D eigenvalue weighted by molar-refractivity contribution is 6.28. The fourth-order valence-corrected chi connectivity index (χ4v) is 2.11. The number of rotatable bonds is 5. The molecule has 1 aromatic rings. The molecule has 1 atom stereocenters. The van der Waals surface area contributed by atoms with E-state index < -0.39 is 0 Å². The van der Waals surface area contributed by atoms with Gasteiger partial charge in [0.15, 0.2) is 0 Å². The average molecular weight is 296 g/mol. The van der Waals surface area contributed by atoms with Gasteiger partial charge in [-0.2, -0.15) is 0 Å². The van der Waals surface area contributed by atoms with Crippen LogP contribution in [-0.4, -0.2) is 36.9 Å². The monoisotopic (exact) mass is 295 g/mol. The first-order valence-electron chi connectivity index (χ1n) is 6.58. The van der Waals surface area contributed by atoms with Gasteiger partial charge in [0.1, 0.15) is 5.84 Å². The number of nitrogens with one attached hydrogen (secondary N) is 1. The van der Waals surface area contributed by atoms with E-state index in [-0.39, 0.29) is 23.7 Å². The third-order valence-corrected chi connectivity index (χ3v) is 3.34. The minimum atomic E-state index is -0.178. The van der Waals surface area contributed by atoms with Gasteiger partial charge in [-0.15, -0.1) is 11.6 Å². The van der Waals surface area contributed by atoms with E-state index >= 15 is 0 Å². The molecule has 1 heterocycles. The summed E-state index contributed by atoms with van der Waals surface area (Å²) in [5, 5.41) is 2.87. The van der Waals surface area contributed by atoms with E-state index in [0.717, 1.165) is 19.4 Å². The predicted molar refractivity (Wildman–Crippen MR) is 79.8 cm³/mol. The lowest BCUT2D eigenvalue weighted by atomic mass is 10.1. The SMILES string of the molecule is NC(CCl)=Nc1ccccc1C(=O)NCC1CCCO1. The van der Waals surface area contributed by atoms with Crippen LogP contribution >= 0.6 is 11.6 Å². The van der Waals surface area contributed by atoms with Crippen LogP contribution in [0.25, 0.3) is 0 Å². The molecule has 0 radical (unpaired) electrons. The molecular formula is C14H18ClN3O2. The maximum absolute atomic E-state index is 12.2. The highest BCUT2D eigenvalue weighted by atomic mass is 35.5. The van der Waals surface area contributed by atoms with Gasteiger partial charge in [0.2, 0.25) is 0 Å². The highest BCUT2D eigenvalue weighted by Gasteiger charge is 2.17. The molecule has 0 saturated carbocycles. The van der Waals surface area contributed by atoms with Crippen LogP contribution in [0.5, 0.6) is 0 Å². The van der Waals surface area contributed by atoms with E-state index in [4.69, 9.17) is 22.1 Å². The van der Waals surface area contributed by atoms with Crippen LogP contribution in [0, 0.1) is 0 Å². The standard InChI is InChI=1S/C14H18ClN3O2/c15-8-13(16)18-12-6-2-1-5-11(12)14(19)17-9-10-4-3-7-20-10/h1-2,5-6,10H,3-4,7-9H2,(H2,16,18)(H,17,19). The Morgan fingerprint density at radius 3 is 3.00 bits per heavy atom. The van der Waals surface area contributed by atoms with E-state index in [1.54, 1.807) is 24.3 Å². The molecule has 6 heteroatoms. The Morgan fingerprint density at radius 1 is 1.50 bits per heavy atom. The first kappa shape index (κ1) is 14.8. The number of benzene rings is 1. The molecule has 0 spiro atoms. The van der Waals surface area contributed by atoms with Crippen molar-refractivity contribution in [3.8, 4) is 0 Å². The summed E-state index contributed by atoms with van der Waals surface area (Å²) in [5.41, 5.74) is 6.62. The third kappa shape index (κ3) is 3.95. The van der Waals surface area contributed by atoms with Crippen LogP contribution < -0.4 is 11.1 Å². The van der Waals surface area contributed by atoms with Crippen molar-refractivity contribution in [2.75, 3.05) is 19.0 Å². The van der Waals surface area contributed by atoms with Crippen molar-refractivity contribution in [1.29, 1.82) is 0 Å². The molecule has 1 unspecified atom stereocenters. The molecule has 20 heavy (non-hydrogen) atoms. The summed E-state index contributed by atoms with van der Waals surface area (Å²) >= 11 is 5.61. The molecule has 1 aromatic carbocycles. The smallest absolute Gasteiger partial charge is 0.253 e. The van der Waals surface area contributed by atoms with E-state index in [9.17, 15) is 4.79 Å². The number of amidine groups is 1. The van der Waals surface area contributed by atoms with Crippen LogP contribution in [-0.2, 0) is 4.74 Å². The van der Waals surface area contributed by atoms with Gasteiger partial charge in [0.05, 0.1) is 23.2 Å². The molecule has 0 bridgehead atoms. The summed E-state index contributed by atoms with van der Waals surface area (Å²) < 4.78 is 5.47. The fraction of sp³-hybridized carbons (Fsp3) is 0.429. The fourth-order valence-electron chi connectivity index (χ4n) is 2.05. The molecule has 0 aromatic heterocycles. The van der Waals surface area contributed by atoms with Crippen molar-refractivity contribution >= 4 is 29.0 Å². The lowest BCUT2D eigenvalue weighted by Crippen LogP contribution is -2.31. The number of aliphatic imine (C=N–C) groups is 1. The molecule has 108 valence electrons. The minimum Gasteiger partial charge on any atom is -0.386 e. The van der Waals surface area contributed by atoms with Crippen LogP contribution in [0.15, 0.2) is 29.3 Å². The van der Waals surface area contributed by atoms with Gasteiger partial charge in [-0.05, 0) is 25.0 Å². The third-order valence-electron chi connectivity index (χ3n) is 3.06. The first-order valence-corrected chi connectivity index (χ1v) is 7.12. The molecule has 3 N–H and O–H groups in total. The van der Waals surface area contributed by atoms with E-state index in [1.807, 2.05) is 0 Å². The van der Waals surface area contributed by atoms with Gasteiger partial charge >= 0.3 is 0 Å². The number of hydrogen-bond donors (Lipinski definition) is 2. The van der Waals surface area contributed by atoms with Gasteiger partial charge < -0.3 is 15.8 Å². The summed E-state index contributed by atoms with van der Waals surface area (Å²) in [5.74, 6) is 0.236. The Labute approximate surface area is 123 Å². The Balaban J connectivity index is 2.05. The van der Waals surface area contributed by atoms with Gasteiger partial charge in [0.25, 0.3) is 5.91 Å². The second kappa shape index (κ2) is 7.26. The van der Waals surface area contributed by atoms with Gasteiger partial charge in [0, 0.05) is 13.2 Å². The number of carbonyl (C=O) groups is 1. The van der Waals surface area contributed by atoms with Crippen molar-refractivity contribution in [2.45, 2.75) is 18.9 Å². The summed E-state index contributed by atoms with van der Waals surface area (Å²) in [6.07, 6.45) is 2.15. The minimum absolute atomic E-state index is 0.113. The van der Waals surface area contributed by atoms with E-state index in [0.29, 0.717) is 17.8 Å². The quantitative estimate of drug-likeness (QED) is 0.494. The maximum Gasteiger partial charge on any atom is 0.253 e. The van der Waals surface area contributed by atoms with E-state index in [2.05, 4.69) is 10.3 Å². The van der Waals surface area contributed by atoms with Gasteiger partial charge in [-0.1, -0.05) is 12.1 Å². The number of amides is 1. The lowest BCUT2D eigenvalue weighted by Gasteiger charge is -2.12. The Kier molecular flexibility index (Phi) is 5.38. The highest BCUT2D eigenvalue weighted by Crippen LogP contribution is 2.19. The van der Waals surface area contributed by atoms with Gasteiger partial charge in [-0.3, -0.25) is 4.79 Å². The molecule has 2 rings (SSSR count). The number of carbonyl (C=O) groups excluding carboxylic acids is 1. The summed E-state index contributed by atoms with van der Waals surface area (Å²) in [4.78, 5) is 16.3. The number of ether oxygens (including phenoxy) is 1. The molecule has 1 saturated heterocycles. The molecular weight excluding hydrogens is 278 g/mol. The Hall–Kier alpha value is -1.59. The van der Waals surface area contributed by atoms with Crippen LogP contribution in [0.1, 0.15) is 23.2 Å². The average Bonchev–Trinajstić information content (AvgIpc) is 2.98. The predicted octanol–water partition coefficient (Wildman–Crippen LogP) is 1.82. The van der Waals surface area contributed by atoms with Gasteiger partial charge in [-0.25, -0.2) is 4.99 Å². The van der Waals surface area contributed by atoms with Crippen LogP contribution in [0.3, 0.4) is 0 Å². The van der Waals surface area contributed by atoms with Crippen molar-refractivity contribution in [3.05, 3.63) is 29.8 Å². The zero-order chi connectivity index (χ0) is 14.4. The number of nitrogens with two attached hydrogens (primary N) is 1. The molecule has 0 aliphatic carbocycles. The largest absolute Gasteiger partial charge is 0.386 e.